The van der Waals surface area contributed by atoms with Gasteiger partial charge in [0.25, 0.3) is 5.91 Å². The summed E-state index contributed by atoms with van der Waals surface area (Å²) in [7, 11) is 0. The molecule has 0 aromatic heterocycles. The Morgan fingerprint density at radius 2 is 1.74 bits per heavy atom. The van der Waals surface area contributed by atoms with Gasteiger partial charge in [0.05, 0.1) is 0 Å². The lowest BCUT2D eigenvalue weighted by atomic mass is 10.0. The lowest BCUT2D eigenvalue weighted by molar-refractivity contribution is -0.142. The zero-order valence-electron chi connectivity index (χ0n) is 19.7. The standard InChI is InChI=1S/C28H31ClN2O3/c1-3-16-30-28(33)26(18-22-11-5-4-6-12-22)31(19-23-13-7-8-15-25(23)29)27(32)20-34-24-14-9-10-21(2)17-24/h4-15,17,26H,3,16,18-20H2,1-2H3,(H,30,33)/t26-/m1/s1. The molecular weight excluding hydrogens is 448 g/mol. The summed E-state index contributed by atoms with van der Waals surface area (Å²) >= 11 is 6.42. The van der Waals surface area contributed by atoms with Gasteiger partial charge in [-0.3, -0.25) is 9.59 Å². The van der Waals surface area contributed by atoms with Gasteiger partial charge >= 0.3 is 0 Å². The molecule has 3 aromatic carbocycles. The average molecular weight is 479 g/mol. The highest BCUT2D eigenvalue weighted by Gasteiger charge is 2.31. The minimum absolute atomic E-state index is 0.180. The Morgan fingerprint density at radius 1 is 1.00 bits per heavy atom. The van der Waals surface area contributed by atoms with Crippen LogP contribution in [0.1, 0.15) is 30.0 Å². The minimum Gasteiger partial charge on any atom is -0.484 e. The van der Waals surface area contributed by atoms with Gasteiger partial charge in [-0.2, -0.15) is 0 Å². The smallest absolute Gasteiger partial charge is 0.261 e. The van der Waals surface area contributed by atoms with E-state index >= 15 is 0 Å². The SMILES string of the molecule is CCCNC(=O)[C@@H](Cc1ccccc1)N(Cc1ccccc1Cl)C(=O)COc1cccc(C)c1. The highest BCUT2D eigenvalue weighted by Crippen LogP contribution is 2.21. The molecule has 5 nitrogen and oxygen atoms in total. The second kappa shape index (κ2) is 12.8. The van der Waals surface area contributed by atoms with Gasteiger partial charge < -0.3 is 15.0 Å². The number of rotatable bonds is 11. The zero-order chi connectivity index (χ0) is 24.3. The molecule has 0 aliphatic carbocycles. The average Bonchev–Trinajstić information content (AvgIpc) is 2.85. The second-order valence-corrected chi connectivity index (χ2v) is 8.62. The lowest BCUT2D eigenvalue weighted by Gasteiger charge is -2.31. The molecule has 0 saturated heterocycles. The molecule has 0 aliphatic rings. The maximum absolute atomic E-state index is 13.5. The predicted molar refractivity (Wildman–Crippen MR) is 136 cm³/mol. The molecular formula is C28H31ClN2O3. The zero-order valence-corrected chi connectivity index (χ0v) is 20.4. The number of hydrogen-bond donors (Lipinski definition) is 1. The van der Waals surface area contributed by atoms with Crippen molar-refractivity contribution in [2.45, 2.75) is 39.3 Å². The van der Waals surface area contributed by atoms with Crippen LogP contribution in [0.5, 0.6) is 5.75 Å². The molecule has 0 radical (unpaired) electrons. The normalized spacial score (nSPS) is 11.5. The third-order valence-corrected chi connectivity index (χ3v) is 5.84. The molecule has 3 aromatic rings. The van der Waals surface area contributed by atoms with Crippen molar-refractivity contribution in [1.82, 2.24) is 10.2 Å². The predicted octanol–water partition coefficient (Wildman–Crippen LogP) is 5.19. The summed E-state index contributed by atoms with van der Waals surface area (Å²) in [6.45, 7) is 4.52. The van der Waals surface area contributed by atoms with Crippen LogP contribution in [0.15, 0.2) is 78.9 Å². The molecule has 0 spiro atoms. The van der Waals surface area contributed by atoms with E-state index in [2.05, 4.69) is 5.32 Å². The molecule has 6 heteroatoms. The number of hydrogen-bond acceptors (Lipinski definition) is 3. The van der Waals surface area contributed by atoms with E-state index in [9.17, 15) is 9.59 Å². The quantitative estimate of drug-likeness (QED) is 0.412. The fraction of sp³-hybridized carbons (Fsp3) is 0.286. The number of ether oxygens (including phenoxy) is 1. The summed E-state index contributed by atoms with van der Waals surface area (Å²) in [5, 5.41) is 3.51. The van der Waals surface area contributed by atoms with E-state index in [1.54, 1.807) is 11.0 Å². The Balaban J connectivity index is 1.90. The topological polar surface area (TPSA) is 58.6 Å². The van der Waals surface area contributed by atoms with E-state index in [4.69, 9.17) is 16.3 Å². The van der Waals surface area contributed by atoms with Gasteiger partial charge in [-0.05, 0) is 48.2 Å². The van der Waals surface area contributed by atoms with Crippen LogP contribution in [-0.4, -0.2) is 35.9 Å². The summed E-state index contributed by atoms with van der Waals surface area (Å²) < 4.78 is 5.80. The van der Waals surface area contributed by atoms with Crippen molar-refractivity contribution in [3.63, 3.8) is 0 Å². The van der Waals surface area contributed by atoms with Gasteiger partial charge in [0.1, 0.15) is 11.8 Å². The number of benzene rings is 3. The molecule has 0 bridgehead atoms. The number of nitrogens with one attached hydrogen (secondary N) is 1. The first kappa shape index (κ1) is 25.3. The van der Waals surface area contributed by atoms with Crippen LogP contribution >= 0.6 is 11.6 Å². The Labute approximate surface area is 206 Å². The Bertz CT molecular complexity index is 1090. The molecule has 0 unspecified atom stereocenters. The van der Waals surface area contributed by atoms with Crippen LogP contribution in [0.3, 0.4) is 0 Å². The van der Waals surface area contributed by atoms with Gasteiger partial charge in [-0.1, -0.05) is 79.2 Å². The van der Waals surface area contributed by atoms with E-state index < -0.39 is 6.04 Å². The van der Waals surface area contributed by atoms with Gasteiger partial charge in [0.15, 0.2) is 6.61 Å². The molecule has 2 amide bonds. The van der Waals surface area contributed by atoms with Crippen LogP contribution in [0.4, 0.5) is 0 Å². The Kier molecular flexibility index (Phi) is 9.53. The summed E-state index contributed by atoms with van der Waals surface area (Å²) in [6.07, 6.45) is 1.19. The molecule has 0 heterocycles. The van der Waals surface area contributed by atoms with Crippen LogP contribution in [0.2, 0.25) is 5.02 Å². The van der Waals surface area contributed by atoms with Crippen molar-refractivity contribution < 1.29 is 14.3 Å². The van der Waals surface area contributed by atoms with Crippen LogP contribution < -0.4 is 10.1 Å². The summed E-state index contributed by atoms with van der Waals surface area (Å²) in [5.74, 6) is 0.136. The van der Waals surface area contributed by atoms with Crippen LogP contribution in [0, 0.1) is 6.92 Å². The maximum atomic E-state index is 13.5. The Hall–Kier alpha value is -3.31. The maximum Gasteiger partial charge on any atom is 0.261 e. The number of amides is 2. The Morgan fingerprint density at radius 3 is 2.44 bits per heavy atom. The fourth-order valence-electron chi connectivity index (χ4n) is 3.66. The minimum atomic E-state index is -0.709. The van der Waals surface area contributed by atoms with Crippen LogP contribution in [-0.2, 0) is 22.6 Å². The largest absolute Gasteiger partial charge is 0.484 e. The first-order valence-corrected chi connectivity index (χ1v) is 11.9. The second-order valence-electron chi connectivity index (χ2n) is 8.21. The van der Waals surface area contributed by atoms with Crippen molar-refractivity contribution >= 4 is 23.4 Å². The number of nitrogens with zero attached hydrogens (tertiary/aromatic N) is 1. The first-order chi connectivity index (χ1) is 16.5. The molecule has 1 atom stereocenters. The summed E-state index contributed by atoms with van der Waals surface area (Å²) in [4.78, 5) is 28.4. The van der Waals surface area contributed by atoms with Crippen molar-refractivity contribution in [1.29, 1.82) is 0 Å². The van der Waals surface area contributed by atoms with Gasteiger partial charge in [-0.25, -0.2) is 0 Å². The molecule has 178 valence electrons. The number of carbonyl (C=O) groups is 2. The van der Waals surface area contributed by atoms with Crippen molar-refractivity contribution in [3.8, 4) is 5.75 Å². The molecule has 0 saturated carbocycles. The van der Waals surface area contributed by atoms with Gasteiger partial charge in [0, 0.05) is 24.5 Å². The molecule has 0 fully saturated rings. The molecule has 1 N–H and O–H groups in total. The molecule has 34 heavy (non-hydrogen) atoms. The van der Waals surface area contributed by atoms with Crippen molar-refractivity contribution in [3.05, 3.63) is 101 Å². The van der Waals surface area contributed by atoms with E-state index in [0.29, 0.717) is 23.7 Å². The van der Waals surface area contributed by atoms with Gasteiger partial charge in [-0.15, -0.1) is 0 Å². The van der Waals surface area contributed by atoms with E-state index in [1.807, 2.05) is 86.6 Å². The third-order valence-electron chi connectivity index (χ3n) is 5.47. The third kappa shape index (κ3) is 7.35. The highest BCUT2D eigenvalue weighted by molar-refractivity contribution is 6.31. The van der Waals surface area contributed by atoms with Gasteiger partial charge in [0.2, 0.25) is 5.91 Å². The summed E-state index contributed by atoms with van der Waals surface area (Å²) in [5.41, 5.74) is 2.78. The van der Waals surface area contributed by atoms with E-state index in [-0.39, 0.29) is 25.0 Å². The number of halogens is 1. The van der Waals surface area contributed by atoms with Crippen LogP contribution in [0.25, 0.3) is 0 Å². The first-order valence-electron chi connectivity index (χ1n) is 11.5. The van der Waals surface area contributed by atoms with Crippen molar-refractivity contribution in [2.75, 3.05) is 13.2 Å². The molecule has 3 rings (SSSR count). The highest BCUT2D eigenvalue weighted by atomic mass is 35.5. The monoisotopic (exact) mass is 478 g/mol. The number of aryl methyl sites for hydroxylation is 1. The van der Waals surface area contributed by atoms with Crippen molar-refractivity contribution in [2.24, 2.45) is 0 Å². The number of carbonyl (C=O) groups excluding carboxylic acids is 2. The summed E-state index contributed by atoms with van der Waals surface area (Å²) in [6, 6.07) is 23.9. The van der Waals surface area contributed by atoms with E-state index in [0.717, 1.165) is 23.1 Å². The molecule has 0 aliphatic heterocycles. The van der Waals surface area contributed by atoms with E-state index in [1.165, 1.54) is 0 Å². The lowest BCUT2D eigenvalue weighted by Crippen LogP contribution is -2.51. The fourth-order valence-corrected chi connectivity index (χ4v) is 3.86.